The van der Waals surface area contributed by atoms with Crippen LogP contribution in [0.25, 0.3) is 22.2 Å². The first-order valence-electron chi connectivity index (χ1n) is 7.99. The molecule has 1 aromatic rings. The van der Waals surface area contributed by atoms with Crippen molar-refractivity contribution in [3.8, 4) is 11.3 Å². The Morgan fingerprint density at radius 3 is 2.84 bits per heavy atom. The van der Waals surface area contributed by atoms with Gasteiger partial charge in [-0.15, -0.1) is 0 Å². The number of carbonyl (C=O) groups excluding carboxylic acids is 1. The van der Waals surface area contributed by atoms with Crippen LogP contribution in [-0.4, -0.2) is 33.2 Å². The summed E-state index contributed by atoms with van der Waals surface area (Å²) >= 11 is 3.41. The predicted molar refractivity (Wildman–Crippen MR) is 99.2 cm³/mol. The molecule has 2 aliphatic rings. The molecule has 25 heavy (non-hydrogen) atoms. The fourth-order valence-electron chi connectivity index (χ4n) is 2.63. The van der Waals surface area contributed by atoms with Gasteiger partial charge in [0.2, 0.25) is 0 Å². The van der Waals surface area contributed by atoms with E-state index in [4.69, 9.17) is 4.74 Å². The van der Waals surface area contributed by atoms with E-state index in [-0.39, 0.29) is 0 Å². The lowest BCUT2D eigenvalue weighted by Gasteiger charge is -2.19. The standard InChI is InChI=1S/C18H20BrN3O3/c1-18(2,3)25-17(23)20-7-6-13-8-11-10-22(24)15-9-12(19)4-5-14(15)16(11)21-13/h4-5,8-10,24H,6-7H2,1-3H3,(H,20,23). The van der Waals surface area contributed by atoms with Crippen molar-refractivity contribution in [1.82, 2.24) is 15.0 Å². The lowest BCUT2D eigenvalue weighted by atomic mass is 10.1. The molecule has 0 atom stereocenters. The van der Waals surface area contributed by atoms with Gasteiger partial charge in [0.05, 0.1) is 17.4 Å². The van der Waals surface area contributed by atoms with E-state index in [0.717, 1.165) is 31.5 Å². The van der Waals surface area contributed by atoms with E-state index in [0.29, 0.717) is 18.5 Å². The molecule has 0 radical (unpaired) electrons. The maximum absolute atomic E-state index is 11.7. The fraction of sp³-hybridized carbons (Fsp3) is 0.333. The van der Waals surface area contributed by atoms with Crippen LogP contribution in [0.2, 0.25) is 0 Å². The van der Waals surface area contributed by atoms with Crippen molar-refractivity contribution < 1.29 is 14.7 Å². The number of carbonyl (C=O) groups is 1. The fourth-order valence-corrected chi connectivity index (χ4v) is 2.98. The highest BCUT2D eigenvalue weighted by molar-refractivity contribution is 9.10. The first-order valence-corrected chi connectivity index (χ1v) is 8.78. The number of halogens is 1. The average Bonchev–Trinajstić information content (AvgIpc) is 2.88. The Labute approximate surface area is 154 Å². The van der Waals surface area contributed by atoms with Crippen LogP contribution in [0.3, 0.4) is 0 Å². The number of rotatable bonds is 3. The van der Waals surface area contributed by atoms with Gasteiger partial charge in [0.25, 0.3) is 0 Å². The summed E-state index contributed by atoms with van der Waals surface area (Å²) in [6, 6.07) is 7.60. The van der Waals surface area contributed by atoms with Gasteiger partial charge in [0.1, 0.15) is 5.60 Å². The molecule has 2 aliphatic heterocycles. The Hall–Kier alpha value is -2.28. The second-order valence-electron chi connectivity index (χ2n) is 6.87. The van der Waals surface area contributed by atoms with Crippen molar-refractivity contribution in [2.45, 2.75) is 32.8 Å². The summed E-state index contributed by atoms with van der Waals surface area (Å²) in [5, 5.41) is 13.8. The van der Waals surface area contributed by atoms with Gasteiger partial charge in [0, 0.05) is 34.1 Å². The highest BCUT2D eigenvalue weighted by Gasteiger charge is 2.17. The number of amides is 1. The SMILES string of the molecule is CC(C)(C)OC(=O)NCCc1cc2cn(O)c3cc(Br)ccc3c-2n1. The number of benzene rings is 1. The van der Waals surface area contributed by atoms with Crippen LogP contribution in [-0.2, 0) is 11.2 Å². The lowest BCUT2D eigenvalue weighted by molar-refractivity contribution is 0.0528. The molecule has 0 bridgehead atoms. The minimum Gasteiger partial charge on any atom is -0.444 e. The van der Waals surface area contributed by atoms with E-state index in [1.165, 1.54) is 0 Å². The predicted octanol–water partition coefficient (Wildman–Crippen LogP) is 4.21. The average molecular weight is 406 g/mol. The van der Waals surface area contributed by atoms with E-state index in [9.17, 15) is 10.0 Å². The summed E-state index contributed by atoms with van der Waals surface area (Å²) in [7, 11) is 0. The molecular weight excluding hydrogens is 386 g/mol. The van der Waals surface area contributed by atoms with E-state index in [1.54, 1.807) is 6.20 Å². The van der Waals surface area contributed by atoms with Gasteiger partial charge < -0.3 is 15.3 Å². The van der Waals surface area contributed by atoms with Crippen molar-refractivity contribution in [2.24, 2.45) is 0 Å². The largest absolute Gasteiger partial charge is 0.444 e. The molecule has 7 heteroatoms. The summed E-state index contributed by atoms with van der Waals surface area (Å²) in [4.78, 5) is 16.3. The van der Waals surface area contributed by atoms with Gasteiger partial charge in [-0.3, -0.25) is 4.98 Å². The second-order valence-corrected chi connectivity index (χ2v) is 7.78. The highest BCUT2D eigenvalue weighted by Crippen LogP contribution is 2.32. The first kappa shape index (κ1) is 17.5. The Balaban J connectivity index is 1.77. The third-order valence-corrected chi connectivity index (χ3v) is 4.12. The molecule has 0 spiro atoms. The van der Waals surface area contributed by atoms with Gasteiger partial charge in [-0.05, 0) is 45.0 Å². The van der Waals surface area contributed by atoms with Gasteiger partial charge in [-0.1, -0.05) is 15.9 Å². The Morgan fingerprint density at radius 2 is 2.12 bits per heavy atom. The minimum atomic E-state index is -0.515. The molecule has 2 heterocycles. The normalized spacial score (nSPS) is 11.8. The minimum absolute atomic E-state index is 0.431. The molecule has 2 N–H and O–H groups in total. The molecule has 0 aromatic heterocycles. The maximum Gasteiger partial charge on any atom is 0.407 e. The number of ether oxygens (including phenoxy) is 1. The van der Waals surface area contributed by atoms with Crippen molar-refractivity contribution in [3.63, 3.8) is 0 Å². The highest BCUT2D eigenvalue weighted by atomic mass is 79.9. The second kappa shape index (κ2) is 6.55. The zero-order valence-electron chi connectivity index (χ0n) is 14.3. The van der Waals surface area contributed by atoms with Crippen LogP contribution in [0.5, 0.6) is 0 Å². The molecule has 1 aromatic carbocycles. The van der Waals surface area contributed by atoms with Crippen LogP contribution < -0.4 is 5.32 Å². The van der Waals surface area contributed by atoms with Crippen LogP contribution in [0.4, 0.5) is 4.79 Å². The molecule has 0 fully saturated rings. The smallest absolute Gasteiger partial charge is 0.407 e. The van der Waals surface area contributed by atoms with E-state index in [1.807, 2.05) is 45.0 Å². The third-order valence-electron chi connectivity index (χ3n) is 3.62. The number of aromatic nitrogens is 2. The molecular formula is C18H20BrN3O3. The van der Waals surface area contributed by atoms with Gasteiger partial charge >= 0.3 is 6.09 Å². The van der Waals surface area contributed by atoms with Gasteiger partial charge in [-0.25, -0.2) is 4.79 Å². The van der Waals surface area contributed by atoms with Crippen molar-refractivity contribution >= 4 is 32.9 Å². The zero-order valence-corrected chi connectivity index (χ0v) is 15.9. The monoisotopic (exact) mass is 405 g/mol. The molecule has 132 valence electrons. The summed E-state index contributed by atoms with van der Waals surface area (Å²) < 4.78 is 7.20. The molecule has 3 rings (SSSR count). The lowest BCUT2D eigenvalue weighted by Crippen LogP contribution is -2.33. The third kappa shape index (κ3) is 4.04. The zero-order chi connectivity index (χ0) is 18.2. The van der Waals surface area contributed by atoms with Crippen LogP contribution in [0.1, 0.15) is 26.5 Å². The molecule has 0 saturated heterocycles. The molecule has 0 saturated carbocycles. The van der Waals surface area contributed by atoms with E-state index >= 15 is 0 Å². The molecule has 6 nitrogen and oxygen atoms in total. The van der Waals surface area contributed by atoms with Gasteiger partial charge in [-0.2, -0.15) is 4.73 Å². The quantitative estimate of drug-likeness (QED) is 0.639. The Morgan fingerprint density at radius 1 is 1.36 bits per heavy atom. The number of nitrogens with zero attached hydrogens (tertiary/aromatic N) is 2. The maximum atomic E-state index is 11.7. The number of pyridine rings is 1. The summed E-state index contributed by atoms with van der Waals surface area (Å²) in [6.07, 6.45) is 1.78. The Bertz CT molecular complexity index is 899. The van der Waals surface area contributed by atoms with Crippen molar-refractivity contribution in [1.29, 1.82) is 0 Å². The van der Waals surface area contributed by atoms with Crippen LogP contribution in [0.15, 0.2) is 34.9 Å². The van der Waals surface area contributed by atoms with Crippen LogP contribution in [0, 0.1) is 0 Å². The van der Waals surface area contributed by atoms with Crippen molar-refractivity contribution in [2.75, 3.05) is 6.54 Å². The first-order chi connectivity index (χ1) is 11.7. The number of hydrogen-bond acceptors (Lipinski definition) is 4. The van der Waals surface area contributed by atoms with E-state index < -0.39 is 11.7 Å². The summed E-state index contributed by atoms with van der Waals surface area (Å²) in [6.45, 7) is 5.91. The van der Waals surface area contributed by atoms with Gasteiger partial charge in [0.15, 0.2) is 0 Å². The molecule has 1 amide bonds. The van der Waals surface area contributed by atoms with E-state index in [2.05, 4.69) is 26.2 Å². The van der Waals surface area contributed by atoms with Crippen LogP contribution >= 0.6 is 15.9 Å². The summed E-state index contributed by atoms with van der Waals surface area (Å²) in [5.41, 5.74) is 2.70. The number of alkyl carbamates (subject to hydrolysis) is 1. The Kier molecular flexibility index (Phi) is 4.60. The topological polar surface area (TPSA) is 76.4 Å². The molecule has 0 unspecified atom stereocenters. The number of nitrogens with one attached hydrogen (secondary N) is 1. The number of fused-ring (bicyclic) bond motifs is 3. The van der Waals surface area contributed by atoms with Crippen molar-refractivity contribution in [3.05, 3.63) is 40.6 Å². The summed E-state index contributed by atoms with van der Waals surface area (Å²) in [5.74, 6) is 0. The number of hydrogen-bond donors (Lipinski definition) is 2. The molecule has 0 aliphatic carbocycles.